The molecule has 4 nitrogen and oxygen atoms in total. The molecule has 1 heterocycles. The van der Waals surface area contributed by atoms with Crippen molar-refractivity contribution in [2.45, 2.75) is 245 Å². The molecule has 0 aliphatic carbocycles. The number of rotatable bonds is 35. The zero-order valence-corrected chi connectivity index (χ0v) is 31.1. The standard InChI is InChI=1S/C41H81N3O/c1-4-7-9-11-13-15-17-19-21-23-24-26-28-30-32-34-36-39-42-38-41(6-3,43-39)44-40(45)37-35-33-31-29-27-25-22-20-18-16-14-12-10-8-5-2/h4-38H2,1-3H3,(H,42,43)(H,44,45). The van der Waals surface area contributed by atoms with Gasteiger partial charge in [0, 0.05) is 12.8 Å². The van der Waals surface area contributed by atoms with Crippen molar-refractivity contribution in [3.05, 3.63) is 0 Å². The smallest absolute Gasteiger partial charge is 0.221 e. The summed E-state index contributed by atoms with van der Waals surface area (Å²) in [6.07, 6.45) is 45.3. The molecule has 0 spiro atoms. The van der Waals surface area contributed by atoms with Crippen molar-refractivity contribution in [3.63, 3.8) is 0 Å². The number of aliphatic imine (C=N–C) groups is 1. The van der Waals surface area contributed by atoms with E-state index >= 15 is 0 Å². The summed E-state index contributed by atoms with van der Waals surface area (Å²) in [6, 6.07) is 0. The third-order valence-electron chi connectivity index (χ3n) is 10.2. The van der Waals surface area contributed by atoms with Crippen LogP contribution in [0.2, 0.25) is 0 Å². The molecule has 0 aromatic rings. The van der Waals surface area contributed by atoms with Gasteiger partial charge in [-0.1, -0.05) is 207 Å². The fraction of sp³-hybridized carbons (Fsp3) is 0.951. The first kappa shape index (κ1) is 42.0. The van der Waals surface area contributed by atoms with E-state index in [-0.39, 0.29) is 11.6 Å². The van der Waals surface area contributed by atoms with Crippen LogP contribution in [0.5, 0.6) is 0 Å². The third kappa shape index (κ3) is 25.7. The van der Waals surface area contributed by atoms with Crippen molar-refractivity contribution < 1.29 is 4.79 Å². The van der Waals surface area contributed by atoms with E-state index < -0.39 is 0 Å². The molecule has 2 N–H and O–H groups in total. The molecule has 266 valence electrons. The molecule has 1 unspecified atom stereocenters. The fourth-order valence-electron chi connectivity index (χ4n) is 6.91. The molecule has 0 aromatic carbocycles. The average Bonchev–Trinajstić information content (AvgIpc) is 3.45. The van der Waals surface area contributed by atoms with Gasteiger partial charge < -0.3 is 10.6 Å². The van der Waals surface area contributed by atoms with E-state index in [9.17, 15) is 4.79 Å². The van der Waals surface area contributed by atoms with Gasteiger partial charge in [0.15, 0.2) is 0 Å². The molecule has 1 rings (SSSR count). The zero-order chi connectivity index (χ0) is 32.5. The number of nitrogens with zero attached hydrogens (tertiary/aromatic N) is 1. The number of amidine groups is 1. The van der Waals surface area contributed by atoms with E-state index in [1.807, 2.05) is 0 Å². The summed E-state index contributed by atoms with van der Waals surface area (Å²) >= 11 is 0. The molecule has 1 aliphatic rings. The lowest BCUT2D eigenvalue weighted by molar-refractivity contribution is -0.123. The first-order valence-electron chi connectivity index (χ1n) is 20.8. The highest BCUT2D eigenvalue weighted by molar-refractivity contribution is 5.86. The largest absolute Gasteiger partial charge is 0.350 e. The predicted molar refractivity (Wildman–Crippen MR) is 200 cm³/mol. The number of hydrogen-bond donors (Lipinski definition) is 2. The molecule has 4 heteroatoms. The second kappa shape index (κ2) is 31.5. The van der Waals surface area contributed by atoms with Gasteiger partial charge in [0.25, 0.3) is 0 Å². The van der Waals surface area contributed by atoms with Gasteiger partial charge in [-0.25, -0.2) is 0 Å². The number of unbranched alkanes of at least 4 members (excludes halogenated alkanes) is 29. The van der Waals surface area contributed by atoms with Crippen molar-refractivity contribution in [1.82, 2.24) is 10.6 Å². The molecule has 0 aromatic heterocycles. The highest BCUT2D eigenvalue weighted by atomic mass is 16.1. The Balaban J connectivity index is 1.91. The van der Waals surface area contributed by atoms with E-state index in [0.29, 0.717) is 13.0 Å². The Morgan fingerprint density at radius 2 is 0.867 bits per heavy atom. The number of amides is 1. The van der Waals surface area contributed by atoms with Crippen molar-refractivity contribution in [2.24, 2.45) is 4.99 Å². The van der Waals surface area contributed by atoms with Crippen LogP contribution in [0.4, 0.5) is 0 Å². The monoisotopic (exact) mass is 632 g/mol. The van der Waals surface area contributed by atoms with E-state index in [1.54, 1.807) is 0 Å². The van der Waals surface area contributed by atoms with Gasteiger partial charge in [-0.3, -0.25) is 9.79 Å². The van der Waals surface area contributed by atoms with Crippen molar-refractivity contribution in [2.75, 3.05) is 6.54 Å². The van der Waals surface area contributed by atoms with Crippen molar-refractivity contribution in [1.29, 1.82) is 0 Å². The van der Waals surface area contributed by atoms with E-state index in [2.05, 4.69) is 31.4 Å². The Labute approximate surface area is 282 Å². The Hall–Kier alpha value is -1.06. The minimum Gasteiger partial charge on any atom is -0.350 e. The van der Waals surface area contributed by atoms with Crippen LogP contribution in [-0.2, 0) is 4.79 Å². The average molecular weight is 632 g/mol. The van der Waals surface area contributed by atoms with E-state index in [0.717, 1.165) is 25.1 Å². The van der Waals surface area contributed by atoms with Crippen LogP contribution in [0, 0.1) is 0 Å². The molecule has 0 saturated carbocycles. The van der Waals surface area contributed by atoms with Crippen LogP contribution in [0.3, 0.4) is 0 Å². The maximum atomic E-state index is 12.7. The van der Waals surface area contributed by atoms with Crippen LogP contribution in [0.25, 0.3) is 0 Å². The summed E-state index contributed by atoms with van der Waals surface area (Å²) in [5.74, 6) is 1.30. The lowest BCUT2D eigenvalue weighted by Gasteiger charge is -2.30. The summed E-state index contributed by atoms with van der Waals surface area (Å²) in [4.78, 5) is 17.5. The van der Waals surface area contributed by atoms with Crippen LogP contribution in [-0.4, -0.2) is 24.0 Å². The molecule has 0 bridgehead atoms. The van der Waals surface area contributed by atoms with Gasteiger partial charge in [0.1, 0.15) is 5.66 Å². The quantitative estimate of drug-likeness (QED) is 0.0684. The lowest BCUT2D eigenvalue weighted by atomic mass is 10.0. The normalized spacial score (nSPS) is 16.2. The molecular formula is C41H81N3O. The predicted octanol–water partition coefficient (Wildman–Crippen LogP) is 13.1. The highest BCUT2D eigenvalue weighted by Crippen LogP contribution is 2.19. The zero-order valence-electron chi connectivity index (χ0n) is 31.1. The van der Waals surface area contributed by atoms with E-state index in [4.69, 9.17) is 4.99 Å². The number of carbonyl (C=O) groups is 1. The number of hydrogen-bond acceptors (Lipinski definition) is 3. The molecule has 0 saturated heterocycles. The minimum atomic E-state index is -0.350. The third-order valence-corrected chi connectivity index (χ3v) is 10.2. The topological polar surface area (TPSA) is 53.5 Å². The van der Waals surface area contributed by atoms with Crippen molar-refractivity contribution >= 4 is 11.7 Å². The van der Waals surface area contributed by atoms with E-state index in [1.165, 1.54) is 193 Å². The molecule has 45 heavy (non-hydrogen) atoms. The lowest BCUT2D eigenvalue weighted by Crippen LogP contribution is -2.58. The summed E-state index contributed by atoms with van der Waals surface area (Å²) < 4.78 is 0. The van der Waals surface area contributed by atoms with Gasteiger partial charge in [-0.15, -0.1) is 0 Å². The summed E-state index contributed by atoms with van der Waals surface area (Å²) in [5, 5.41) is 6.92. The van der Waals surface area contributed by atoms with Gasteiger partial charge in [-0.2, -0.15) is 0 Å². The first-order chi connectivity index (χ1) is 22.2. The van der Waals surface area contributed by atoms with Gasteiger partial charge in [0.2, 0.25) is 5.91 Å². The number of nitrogens with one attached hydrogen (secondary N) is 2. The molecule has 1 aliphatic heterocycles. The molecule has 1 atom stereocenters. The molecule has 0 fully saturated rings. The van der Waals surface area contributed by atoms with Crippen LogP contribution in [0.1, 0.15) is 239 Å². The van der Waals surface area contributed by atoms with Gasteiger partial charge in [-0.05, 0) is 19.3 Å². The minimum absolute atomic E-state index is 0.193. The Morgan fingerprint density at radius 1 is 0.533 bits per heavy atom. The maximum Gasteiger partial charge on any atom is 0.221 e. The second-order valence-corrected chi connectivity index (χ2v) is 14.6. The Kier molecular flexibility index (Phi) is 29.4. The molecular weight excluding hydrogens is 550 g/mol. The van der Waals surface area contributed by atoms with Crippen LogP contribution >= 0.6 is 0 Å². The molecule has 0 radical (unpaired) electrons. The first-order valence-corrected chi connectivity index (χ1v) is 20.8. The summed E-state index contributed by atoms with van der Waals surface area (Å²) in [5.41, 5.74) is -0.350. The molecule has 1 amide bonds. The maximum absolute atomic E-state index is 12.7. The summed E-state index contributed by atoms with van der Waals surface area (Å²) in [7, 11) is 0. The fourth-order valence-corrected chi connectivity index (χ4v) is 6.91. The van der Waals surface area contributed by atoms with Crippen LogP contribution < -0.4 is 10.6 Å². The summed E-state index contributed by atoms with van der Waals surface area (Å²) in [6.45, 7) is 7.43. The highest BCUT2D eigenvalue weighted by Gasteiger charge is 2.34. The SMILES string of the molecule is CCCCCCCCCCCCCCCCCCC1=NCC(CC)(NC(=O)CCCCCCCCCCCCCCCCC)N1. The van der Waals surface area contributed by atoms with Crippen LogP contribution in [0.15, 0.2) is 4.99 Å². The van der Waals surface area contributed by atoms with Gasteiger partial charge in [0.05, 0.1) is 12.4 Å². The second-order valence-electron chi connectivity index (χ2n) is 14.6. The number of carbonyl (C=O) groups excluding carboxylic acids is 1. The van der Waals surface area contributed by atoms with Gasteiger partial charge >= 0.3 is 0 Å². The Bertz CT molecular complexity index is 678. The Morgan fingerprint density at radius 3 is 1.22 bits per heavy atom. The van der Waals surface area contributed by atoms with Crippen molar-refractivity contribution in [3.8, 4) is 0 Å².